The Kier molecular flexibility index (Phi) is 9.07. The molecule has 1 aliphatic rings. The van der Waals surface area contributed by atoms with E-state index in [9.17, 15) is 19.2 Å². The number of hydrogen-bond acceptors (Lipinski definition) is 9. The minimum atomic E-state index is -0.729. The van der Waals surface area contributed by atoms with E-state index in [2.05, 4.69) is 5.32 Å². The second kappa shape index (κ2) is 12.2. The van der Waals surface area contributed by atoms with Crippen LogP contribution in [0.4, 0.5) is 5.00 Å². The van der Waals surface area contributed by atoms with Gasteiger partial charge in [0, 0.05) is 19.2 Å². The first-order valence-electron chi connectivity index (χ1n) is 11.4. The SMILES string of the molecule is CCOC(=O)c1c(NC(=O)COC(=O)C=Cc2ccc3c(c2)OCO3)sc(C(=O)N(CC)CC)c1C. The van der Waals surface area contributed by atoms with Gasteiger partial charge in [-0.1, -0.05) is 6.07 Å². The highest BCUT2D eigenvalue weighted by Gasteiger charge is 2.28. The number of hydrogen-bond donors (Lipinski definition) is 1. The molecule has 0 atom stereocenters. The summed E-state index contributed by atoms with van der Waals surface area (Å²) in [5.41, 5.74) is 1.23. The number of ether oxygens (including phenoxy) is 4. The van der Waals surface area contributed by atoms with Gasteiger partial charge in [-0.05, 0) is 57.0 Å². The number of amides is 2. The van der Waals surface area contributed by atoms with Gasteiger partial charge in [-0.15, -0.1) is 11.3 Å². The van der Waals surface area contributed by atoms with Crippen molar-refractivity contribution < 1.29 is 38.1 Å². The van der Waals surface area contributed by atoms with E-state index >= 15 is 0 Å². The van der Waals surface area contributed by atoms with Crippen LogP contribution >= 0.6 is 11.3 Å². The van der Waals surface area contributed by atoms with Crippen LogP contribution in [-0.4, -0.2) is 61.7 Å². The van der Waals surface area contributed by atoms with Crippen LogP contribution in [-0.2, 0) is 19.1 Å². The van der Waals surface area contributed by atoms with E-state index in [0.717, 1.165) is 11.3 Å². The maximum absolute atomic E-state index is 12.9. The predicted molar refractivity (Wildman–Crippen MR) is 133 cm³/mol. The molecule has 2 aromatic rings. The average molecular weight is 517 g/mol. The first-order chi connectivity index (χ1) is 17.3. The molecule has 192 valence electrons. The molecule has 0 spiro atoms. The van der Waals surface area contributed by atoms with E-state index in [-0.39, 0.29) is 29.9 Å². The summed E-state index contributed by atoms with van der Waals surface area (Å²) in [4.78, 5) is 52.0. The highest BCUT2D eigenvalue weighted by atomic mass is 32.1. The van der Waals surface area contributed by atoms with Crippen LogP contribution in [0.5, 0.6) is 11.5 Å². The second-order valence-electron chi connectivity index (χ2n) is 7.56. The zero-order valence-corrected chi connectivity index (χ0v) is 21.4. The molecule has 2 heterocycles. The number of anilines is 1. The number of carbonyl (C=O) groups is 4. The number of nitrogens with one attached hydrogen (secondary N) is 1. The Hall–Kier alpha value is -3.86. The Morgan fingerprint density at radius 1 is 1.08 bits per heavy atom. The van der Waals surface area contributed by atoms with Crippen LogP contribution in [0.15, 0.2) is 24.3 Å². The third-order valence-electron chi connectivity index (χ3n) is 5.28. The molecule has 1 N–H and O–H groups in total. The van der Waals surface area contributed by atoms with Crippen molar-refractivity contribution in [2.75, 3.05) is 38.4 Å². The van der Waals surface area contributed by atoms with Gasteiger partial charge in [0.25, 0.3) is 11.8 Å². The molecule has 0 saturated carbocycles. The summed E-state index contributed by atoms with van der Waals surface area (Å²) < 4.78 is 20.7. The van der Waals surface area contributed by atoms with Crippen molar-refractivity contribution in [1.82, 2.24) is 4.90 Å². The summed E-state index contributed by atoms with van der Waals surface area (Å²) in [6.45, 7) is 7.71. The summed E-state index contributed by atoms with van der Waals surface area (Å²) in [7, 11) is 0. The molecular formula is C25H28N2O8S. The molecule has 1 aromatic carbocycles. The summed E-state index contributed by atoms with van der Waals surface area (Å²) >= 11 is 0.987. The van der Waals surface area contributed by atoms with Crippen molar-refractivity contribution in [2.24, 2.45) is 0 Å². The molecule has 0 unspecified atom stereocenters. The summed E-state index contributed by atoms with van der Waals surface area (Å²) in [5.74, 6) is -1.08. The van der Waals surface area contributed by atoms with E-state index < -0.39 is 24.5 Å². The fourth-order valence-electron chi connectivity index (χ4n) is 3.44. The van der Waals surface area contributed by atoms with Crippen molar-refractivity contribution in [3.63, 3.8) is 0 Å². The lowest BCUT2D eigenvalue weighted by molar-refractivity contribution is -0.142. The molecular weight excluding hydrogens is 488 g/mol. The van der Waals surface area contributed by atoms with Crippen LogP contribution < -0.4 is 14.8 Å². The van der Waals surface area contributed by atoms with Gasteiger partial charge in [0.2, 0.25) is 6.79 Å². The number of benzene rings is 1. The standard InChI is InChI=1S/C25H28N2O8S/c1-5-27(6-2)24(30)22-15(4)21(25(31)32-7-3)23(36-22)26-19(28)13-33-20(29)11-9-16-8-10-17-18(12-16)35-14-34-17/h8-12H,5-7,13-14H2,1-4H3,(H,26,28). The lowest BCUT2D eigenvalue weighted by Crippen LogP contribution is -2.30. The minimum absolute atomic E-state index is 0.111. The van der Waals surface area contributed by atoms with Crippen molar-refractivity contribution in [1.29, 1.82) is 0 Å². The lowest BCUT2D eigenvalue weighted by atomic mass is 10.1. The Bertz CT molecular complexity index is 1180. The maximum Gasteiger partial charge on any atom is 0.341 e. The average Bonchev–Trinajstić information content (AvgIpc) is 3.45. The molecule has 3 rings (SSSR count). The fraction of sp³-hybridized carbons (Fsp3) is 0.360. The molecule has 1 aliphatic heterocycles. The summed E-state index contributed by atoms with van der Waals surface area (Å²) in [6, 6.07) is 5.19. The largest absolute Gasteiger partial charge is 0.462 e. The van der Waals surface area contributed by atoms with Gasteiger partial charge >= 0.3 is 11.9 Å². The zero-order valence-electron chi connectivity index (χ0n) is 20.5. The highest BCUT2D eigenvalue weighted by molar-refractivity contribution is 7.18. The Balaban J connectivity index is 1.67. The Labute approximate surface area is 212 Å². The number of esters is 2. The maximum atomic E-state index is 12.9. The van der Waals surface area contributed by atoms with Crippen molar-refractivity contribution in [3.05, 3.63) is 45.8 Å². The summed E-state index contributed by atoms with van der Waals surface area (Å²) in [6.07, 6.45) is 2.71. The van der Waals surface area contributed by atoms with Gasteiger partial charge in [-0.3, -0.25) is 9.59 Å². The van der Waals surface area contributed by atoms with Crippen LogP contribution in [0.3, 0.4) is 0 Å². The van der Waals surface area contributed by atoms with E-state index in [1.165, 1.54) is 12.2 Å². The molecule has 0 fully saturated rings. The molecule has 2 amide bonds. The van der Waals surface area contributed by atoms with E-state index in [0.29, 0.717) is 40.6 Å². The highest BCUT2D eigenvalue weighted by Crippen LogP contribution is 2.35. The van der Waals surface area contributed by atoms with Gasteiger partial charge in [-0.2, -0.15) is 0 Å². The topological polar surface area (TPSA) is 120 Å². The van der Waals surface area contributed by atoms with Gasteiger partial charge in [0.1, 0.15) is 5.00 Å². The third-order valence-corrected chi connectivity index (χ3v) is 6.47. The third kappa shape index (κ3) is 6.22. The van der Waals surface area contributed by atoms with E-state index in [1.54, 1.807) is 36.9 Å². The quantitative estimate of drug-likeness (QED) is 0.375. The number of fused-ring (bicyclic) bond motifs is 1. The predicted octanol–water partition coefficient (Wildman–Crippen LogP) is 3.64. The minimum Gasteiger partial charge on any atom is -0.462 e. The van der Waals surface area contributed by atoms with Gasteiger partial charge < -0.3 is 29.2 Å². The Morgan fingerprint density at radius 3 is 2.50 bits per heavy atom. The van der Waals surface area contributed by atoms with Gasteiger partial charge in [-0.25, -0.2) is 9.59 Å². The van der Waals surface area contributed by atoms with Crippen LogP contribution in [0.1, 0.15) is 51.9 Å². The lowest BCUT2D eigenvalue weighted by Gasteiger charge is -2.18. The molecule has 10 nitrogen and oxygen atoms in total. The van der Waals surface area contributed by atoms with Crippen molar-refractivity contribution in [2.45, 2.75) is 27.7 Å². The first kappa shape index (κ1) is 26.7. The number of thiophene rings is 1. The van der Waals surface area contributed by atoms with Crippen molar-refractivity contribution >= 4 is 46.2 Å². The molecule has 0 aliphatic carbocycles. The van der Waals surface area contributed by atoms with Gasteiger partial charge in [0.15, 0.2) is 18.1 Å². The number of rotatable bonds is 10. The monoisotopic (exact) mass is 516 g/mol. The van der Waals surface area contributed by atoms with Crippen LogP contribution in [0.2, 0.25) is 0 Å². The normalized spacial score (nSPS) is 11.9. The fourth-order valence-corrected chi connectivity index (χ4v) is 4.62. The molecule has 0 radical (unpaired) electrons. The molecule has 1 aromatic heterocycles. The van der Waals surface area contributed by atoms with Crippen LogP contribution in [0, 0.1) is 6.92 Å². The van der Waals surface area contributed by atoms with E-state index in [1.807, 2.05) is 13.8 Å². The molecule has 0 bridgehead atoms. The summed E-state index contributed by atoms with van der Waals surface area (Å²) in [5, 5.41) is 2.74. The second-order valence-corrected chi connectivity index (χ2v) is 8.58. The number of carbonyl (C=O) groups excluding carboxylic acids is 4. The first-order valence-corrected chi connectivity index (χ1v) is 12.2. The van der Waals surface area contributed by atoms with E-state index in [4.69, 9.17) is 18.9 Å². The van der Waals surface area contributed by atoms with Crippen molar-refractivity contribution in [3.8, 4) is 11.5 Å². The Morgan fingerprint density at radius 2 is 1.81 bits per heavy atom. The number of nitrogens with zero attached hydrogens (tertiary/aromatic N) is 1. The molecule has 0 saturated heterocycles. The smallest absolute Gasteiger partial charge is 0.341 e. The zero-order chi connectivity index (χ0) is 26.2. The molecule has 11 heteroatoms. The van der Waals surface area contributed by atoms with Gasteiger partial charge in [0.05, 0.1) is 17.0 Å². The molecule has 36 heavy (non-hydrogen) atoms. The van der Waals surface area contributed by atoms with Crippen LogP contribution in [0.25, 0.3) is 6.08 Å².